The fourth-order valence-electron chi connectivity index (χ4n) is 3.75. The van der Waals surface area contributed by atoms with Crippen molar-refractivity contribution in [2.45, 2.75) is 13.5 Å². The van der Waals surface area contributed by atoms with Crippen LogP contribution in [0.2, 0.25) is 0 Å². The summed E-state index contributed by atoms with van der Waals surface area (Å²) in [6.07, 6.45) is 0. The van der Waals surface area contributed by atoms with Gasteiger partial charge in [-0.2, -0.15) is 0 Å². The van der Waals surface area contributed by atoms with Crippen molar-refractivity contribution in [3.63, 3.8) is 0 Å². The lowest BCUT2D eigenvalue weighted by atomic mass is 10.1. The van der Waals surface area contributed by atoms with E-state index in [2.05, 4.69) is 31.2 Å². The van der Waals surface area contributed by atoms with E-state index >= 15 is 0 Å². The van der Waals surface area contributed by atoms with E-state index in [1.54, 1.807) is 26.4 Å². The topological polar surface area (TPSA) is 52.4 Å². The number of nitrogens with one attached hydrogen (secondary N) is 1. The molecule has 2 aromatic rings. The number of piperazine rings is 1. The highest BCUT2D eigenvalue weighted by Gasteiger charge is 2.28. The van der Waals surface area contributed by atoms with E-state index in [9.17, 15) is 4.79 Å². The highest BCUT2D eigenvalue weighted by molar-refractivity contribution is 5.98. The zero-order chi connectivity index (χ0) is 20.1. The molecule has 150 valence electrons. The van der Waals surface area contributed by atoms with E-state index in [1.165, 1.54) is 23.1 Å². The van der Waals surface area contributed by atoms with Gasteiger partial charge in [-0.1, -0.05) is 29.8 Å². The summed E-state index contributed by atoms with van der Waals surface area (Å²) in [7, 11) is 4.65. The predicted octanol–water partition coefficient (Wildman–Crippen LogP) is 1.56. The predicted molar refractivity (Wildman–Crippen MR) is 108 cm³/mol. The first kappa shape index (κ1) is 20.0. The fraction of sp³-hybridized carbons (Fsp3) is 0.409. The molecule has 6 heteroatoms. The molecule has 0 aromatic heterocycles. The van der Waals surface area contributed by atoms with Crippen LogP contribution in [0.3, 0.4) is 0 Å². The van der Waals surface area contributed by atoms with Crippen LogP contribution in [0.15, 0.2) is 36.4 Å². The molecule has 0 aliphatic carbocycles. The molecule has 0 atom stereocenters. The van der Waals surface area contributed by atoms with Gasteiger partial charge in [0, 0.05) is 5.56 Å². The van der Waals surface area contributed by atoms with Gasteiger partial charge in [0.05, 0.1) is 53.1 Å². The highest BCUT2D eigenvalue weighted by atomic mass is 16.5. The van der Waals surface area contributed by atoms with Gasteiger partial charge in [0.1, 0.15) is 6.54 Å². The van der Waals surface area contributed by atoms with E-state index in [4.69, 9.17) is 14.2 Å². The Kier molecular flexibility index (Phi) is 6.41. The number of ether oxygens (including phenoxy) is 3. The Morgan fingerprint density at radius 1 is 1.00 bits per heavy atom. The second-order valence-electron chi connectivity index (χ2n) is 7.09. The number of quaternary nitrogens is 1. The maximum absolute atomic E-state index is 13.1. The Morgan fingerprint density at radius 3 is 2.32 bits per heavy atom. The number of nitrogens with zero attached hydrogens (tertiary/aromatic N) is 1. The summed E-state index contributed by atoms with van der Waals surface area (Å²) in [6.45, 7) is 6.40. The number of hydrogen-bond donors (Lipinski definition) is 1. The lowest BCUT2D eigenvalue weighted by molar-refractivity contribution is -0.917. The number of hydrogen-bond acceptors (Lipinski definition) is 4. The number of amides is 1. The lowest BCUT2D eigenvalue weighted by Crippen LogP contribution is -3.13. The van der Waals surface area contributed by atoms with Crippen LogP contribution in [0.25, 0.3) is 0 Å². The molecule has 1 heterocycles. The quantitative estimate of drug-likeness (QED) is 0.820. The first-order valence-electron chi connectivity index (χ1n) is 9.54. The van der Waals surface area contributed by atoms with Crippen LogP contribution in [-0.2, 0) is 6.54 Å². The molecular weight excluding hydrogens is 356 g/mol. The molecule has 1 N–H and O–H groups in total. The lowest BCUT2D eigenvalue weighted by Gasteiger charge is -2.32. The summed E-state index contributed by atoms with van der Waals surface area (Å²) in [6, 6.07) is 12.1. The zero-order valence-electron chi connectivity index (χ0n) is 17.1. The summed E-state index contributed by atoms with van der Waals surface area (Å²) in [5.74, 6) is 1.37. The number of carbonyl (C=O) groups excluding carboxylic acids is 1. The van der Waals surface area contributed by atoms with Crippen molar-refractivity contribution < 1.29 is 23.9 Å². The fourth-order valence-corrected chi connectivity index (χ4v) is 3.75. The third-order valence-corrected chi connectivity index (χ3v) is 5.23. The van der Waals surface area contributed by atoms with Crippen LogP contribution in [0.5, 0.6) is 17.2 Å². The minimum atomic E-state index is -0.0348. The molecule has 1 aliphatic heterocycles. The van der Waals surface area contributed by atoms with Crippen molar-refractivity contribution in [3.8, 4) is 17.2 Å². The Labute approximate surface area is 166 Å². The first-order chi connectivity index (χ1) is 13.6. The smallest absolute Gasteiger partial charge is 0.258 e. The molecule has 0 spiro atoms. The zero-order valence-corrected chi connectivity index (χ0v) is 17.1. The first-order valence-corrected chi connectivity index (χ1v) is 9.54. The second-order valence-corrected chi connectivity index (χ2v) is 7.09. The van der Waals surface area contributed by atoms with Crippen LogP contribution in [0.4, 0.5) is 0 Å². The van der Waals surface area contributed by atoms with Crippen molar-refractivity contribution in [1.82, 2.24) is 4.90 Å². The minimum Gasteiger partial charge on any atom is -0.493 e. The molecular formula is C22H29N2O4+. The third-order valence-electron chi connectivity index (χ3n) is 5.23. The van der Waals surface area contributed by atoms with Crippen LogP contribution in [0.1, 0.15) is 21.5 Å². The van der Waals surface area contributed by atoms with Crippen molar-refractivity contribution in [2.24, 2.45) is 0 Å². The molecule has 1 amide bonds. The van der Waals surface area contributed by atoms with Crippen molar-refractivity contribution in [1.29, 1.82) is 0 Å². The molecule has 3 rings (SSSR count). The van der Waals surface area contributed by atoms with E-state index in [-0.39, 0.29) is 5.91 Å². The summed E-state index contributed by atoms with van der Waals surface area (Å²) < 4.78 is 16.2. The summed E-state index contributed by atoms with van der Waals surface area (Å²) in [5, 5.41) is 0. The Morgan fingerprint density at radius 2 is 1.71 bits per heavy atom. The molecule has 0 radical (unpaired) electrons. The van der Waals surface area contributed by atoms with E-state index < -0.39 is 0 Å². The molecule has 1 saturated heterocycles. The summed E-state index contributed by atoms with van der Waals surface area (Å²) in [5.41, 5.74) is 3.13. The number of carbonyl (C=O) groups is 1. The average Bonchev–Trinajstić information content (AvgIpc) is 2.72. The monoisotopic (exact) mass is 385 g/mol. The Bertz CT molecular complexity index is 829. The average molecular weight is 385 g/mol. The molecule has 0 saturated carbocycles. The summed E-state index contributed by atoms with van der Waals surface area (Å²) in [4.78, 5) is 16.5. The van der Waals surface area contributed by atoms with Crippen LogP contribution in [0, 0.1) is 6.92 Å². The van der Waals surface area contributed by atoms with Crippen molar-refractivity contribution >= 4 is 5.91 Å². The number of benzene rings is 2. The minimum absolute atomic E-state index is 0.0348. The normalized spacial score (nSPS) is 14.6. The number of aryl methyl sites for hydroxylation is 1. The molecule has 28 heavy (non-hydrogen) atoms. The third kappa shape index (κ3) is 4.22. The van der Waals surface area contributed by atoms with Crippen LogP contribution >= 0.6 is 0 Å². The largest absolute Gasteiger partial charge is 0.493 e. The van der Waals surface area contributed by atoms with Gasteiger partial charge in [-0.05, 0) is 19.1 Å². The van der Waals surface area contributed by atoms with Gasteiger partial charge in [0.2, 0.25) is 5.75 Å². The van der Waals surface area contributed by atoms with Gasteiger partial charge in [-0.3, -0.25) is 4.79 Å². The van der Waals surface area contributed by atoms with Crippen LogP contribution < -0.4 is 19.1 Å². The molecule has 1 aliphatic rings. The van der Waals surface area contributed by atoms with Gasteiger partial charge in [0.25, 0.3) is 5.91 Å². The van der Waals surface area contributed by atoms with Gasteiger partial charge in [0.15, 0.2) is 11.5 Å². The molecule has 6 nitrogen and oxygen atoms in total. The van der Waals surface area contributed by atoms with Crippen molar-refractivity contribution in [3.05, 3.63) is 53.1 Å². The molecule has 2 aromatic carbocycles. The van der Waals surface area contributed by atoms with E-state index in [1.807, 2.05) is 4.90 Å². The standard InChI is InChI=1S/C22H28N2O4/c1-16-6-5-7-17(14-16)15-23-10-12-24(13-11-23)22(25)18-8-9-19(26-2)21(28-4)20(18)27-3/h5-9,14H,10-13,15H2,1-4H3/p+1. The van der Waals surface area contributed by atoms with Gasteiger partial charge in [-0.15, -0.1) is 0 Å². The molecule has 0 unspecified atom stereocenters. The maximum atomic E-state index is 13.1. The van der Waals surface area contributed by atoms with Crippen molar-refractivity contribution in [2.75, 3.05) is 47.5 Å². The summed E-state index contributed by atoms with van der Waals surface area (Å²) >= 11 is 0. The molecule has 1 fully saturated rings. The Balaban J connectivity index is 1.68. The Hall–Kier alpha value is -2.73. The van der Waals surface area contributed by atoms with Gasteiger partial charge in [-0.25, -0.2) is 0 Å². The number of methoxy groups -OCH3 is 3. The van der Waals surface area contributed by atoms with E-state index in [0.717, 1.165) is 32.7 Å². The molecule has 0 bridgehead atoms. The van der Waals surface area contributed by atoms with E-state index in [0.29, 0.717) is 22.8 Å². The SMILES string of the molecule is COc1ccc(C(=O)N2CC[NH+](Cc3cccc(C)c3)CC2)c(OC)c1OC. The second kappa shape index (κ2) is 8.97. The highest BCUT2D eigenvalue weighted by Crippen LogP contribution is 2.40. The maximum Gasteiger partial charge on any atom is 0.258 e. The van der Waals surface area contributed by atoms with Crippen LogP contribution in [-0.4, -0.2) is 58.3 Å². The number of rotatable bonds is 6. The van der Waals surface area contributed by atoms with Gasteiger partial charge < -0.3 is 24.0 Å². The van der Waals surface area contributed by atoms with Gasteiger partial charge >= 0.3 is 0 Å².